The number of unbranched alkanes of at least 4 members (excludes halogenated alkanes) is 12. The van der Waals surface area contributed by atoms with Crippen LogP contribution in [0.1, 0.15) is 130 Å². The fourth-order valence-electron chi connectivity index (χ4n) is 2.66. The van der Waals surface area contributed by atoms with E-state index in [1.54, 1.807) is 13.8 Å². The molecular weight excluding hydrogens is 296 g/mol. The number of hydrogen-bond acceptors (Lipinski definition) is 2. The first-order valence-electron chi connectivity index (χ1n) is 10.5. The Morgan fingerprint density at radius 2 is 0.708 bits per heavy atom. The molecule has 0 aromatic heterocycles. The minimum Gasteiger partial charge on any atom is -0.300 e. The fourth-order valence-corrected chi connectivity index (χ4v) is 2.66. The molecular formula is C22H44O2. The zero-order valence-corrected chi connectivity index (χ0v) is 17.1. The van der Waals surface area contributed by atoms with Gasteiger partial charge in [0.15, 0.2) is 0 Å². The van der Waals surface area contributed by atoms with Crippen molar-refractivity contribution in [3.63, 3.8) is 0 Å². The van der Waals surface area contributed by atoms with E-state index in [4.69, 9.17) is 0 Å². The van der Waals surface area contributed by atoms with Crippen LogP contribution in [0.4, 0.5) is 0 Å². The number of carbonyl (C=O) groups is 2. The second-order valence-corrected chi connectivity index (χ2v) is 7.15. The second kappa shape index (κ2) is 22.3. The van der Waals surface area contributed by atoms with Crippen LogP contribution in [0.3, 0.4) is 0 Å². The molecule has 0 bridgehead atoms. The van der Waals surface area contributed by atoms with Crippen LogP contribution in [0.5, 0.6) is 0 Å². The average Bonchev–Trinajstić information content (AvgIpc) is 2.53. The molecule has 0 heterocycles. The van der Waals surface area contributed by atoms with Gasteiger partial charge in [-0.25, -0.2) is 0 Å². The van der Waals surface area contributed by atoms with E-state index in [0.717, 1.165) is 25.7 Å². The van der Waals surface area contributed by atoms with Crippen molar-refractivity contribution in [3.8, 4) is 0 Å². The number of carbonyl (C=O) groups excluding carboxylic acids is 2. The molecule has 0 atom stereocenters. The molecule has 0 spiro atoms. The third-order valence-corrected chi connectivity index (χ3v) is 4.26. The lowest BCUT2D eigenvalue weighted by Gasteiger charge is -1.98. The SMILES string of the molecule is CCCCCCCCCC(C)=O.CCCCCCCCCC(C)=O. The summed E-state index contributed by atoms with van der Waals surface area (Å²) >= 11 is 0. The van der Waals surface area contributed by atoms with Gasteiger partial charge >= 0.3 is 0 Å². The van der Waals surface area contributed by atoms with E-state index in [2.05, 4.69) is 13.8 Å². The van der Waals surface area contributed by atoms with Gasteiger partial charge in [0.25, 0.3) is 0 Å². The van der Waals surface area contributed by atoms with E-state index >= 15 is 0 Å². The number of rotatable bonds is 16. The van der Waals surface area contributed by atoms with Gasteiger partial charge in [-0.2, -0.15) is 0 Å². The van der Waals surface area contributed by atoms with Gasteiger partial charge in [-0.05, 0) is 26.7 Å². The van der Waals surface area contributed by atoms with Crippen molar-refractivity contribution in [1.29, 1.82) is 0 Å². The zero-order chi connectivity index (χ0) is 18.5. The van der Waals surface area contributed by atoms with Crippen molar-refractivity contribution >= 4 is 11.6 Å². The van der Waals surface area contributed by atoms with Crippen molar-refractivity contribution in [1.82, 2.24) is 0 Å². The molecule has 0 rings (SSSR count). The highest BCUT2D eigenvalue weighted by atomic mass is 16.1. The summed E-state index contributed by atoms with van der Waals surface area (Å²) in [7, 11) is 0. The Labute approximate surface area is 152 Å². The molecule has 0 aliphatic heterocycles. The summed E-state index contributed by atoms with van der Waals surface area (Å²) in [6.07, 6.45) is 19.7. The highest BCUT2D eigenvalue weighted by molar-refractivity contribution is 5.75. The Kier molecular flexibility index (Phi) is 23.8. The summed E-state index contributed by atoms with van der Waals surface area (Å²) in [5, 5.41) is 0. The summed E-state index contributed by atoms with van der Waals surface area (Å²) in [6.45, 7) is 7.82. The summed E-state index contributed by atoms with van der Waals surface area (Å²) in [4.78, 5) is 21.2. The topological polar surface area (TPSA) is 34.1 Å². The largest absolute Gasteiger partial charge is 0.300 e. The normalized spacial score (nSPS) is 10.2. The molecule has 0 unspecified atom stereocenters. The van der Waals surface area contributed by atoms with Gasteiger partial charge in [0, 0.05) is 12.8 Å². The smallest absolute Gasteiger partial charge is 0.129 e. The van der Waals surface area contributed by atoms with Crippen LogP contribution in [0.2, 0.25) is 0 Å². The van der Waals surface area contributed by atoms with Gasteiger partial charge in [-0.1, -0.05) is 90.9 Å². The molecule has 0 fully saturated rings. The first-order chi connectivity index (χ1) is 11.5. The fraction of sp³-hybridized carbons (Fsp3) is 0.909. The van der Waals surface area contributed by atoms with Crippen molar-refractivity contribution in [2.24, 2.45) is 0 Å². The van der Waals surface area contributed by atoms with Crippen LogP contribution < -0.4 is 0 Å². The van der Waals surface area contributed by atoms with Crippen molar-refractivity contribution in [2.45, 2.75) is 130 Å². The molecule has 0 aromatic carbocycles. The Bertz CT molecular complexity index is 243. The highest BCUT2D eigenvalue weighted by Gasteiger charge is 1.94. The summed E-state index contributed by atoms with van der Waals surface area (Å²) in [6, 6.07) is 0. The standard InChI is InChI=1S/2C11H22O/c2*1-3-4-5-6-7-8-9-10-11(2)12/h2*3-10H2,1-2H3. The first kappa shape index (κ1) is 25.6. The lowest BCUT2D eigenvalue weighted by molar-refractivity contribution is -0.117. The summed E-state index contributed by atoms with van der Waals surface area (Å²) in [5.74, 6) is 0.673. The monoisotopic (exact) mass is 340 g/mol. The van der Waals surface area contributed by atoms with Gasteiger partial charge in [-0.3, -0.25) is 0 Å². The number of hydrogen-bond donors (Lipinski definition) is 0. The minimum atomic E-state index is 0.337. The maximum Gasteiger partial charge on any atom is 0.129 e. The van der Waals surface area contributed by atoms with E-state index in [1.807, 2.05) is 0 Å². The van der Waals surface area contributed by atoms with Crippen LogP contribution in [0.15, 0.2) is 0 Å². The van der Waals surface area contributed by atoms with E-state index < -0.39 is 0 Å². The summed E-state index contributed by atoms with van der Waals surface area (Å²) < 4.78 is 0. The van der Waals surface area contributed by atoms with E-state index in [9.17, 15) is 9.59 Å². The first-order valence-corrected chi connectivity index (χ1v) is 10.5. The predicted molar refractivity (Wildman–Crippen MR) is 107 cm³/mol. The second-order valence-electron chi connectivity index (χ2n) is 7.15. The minimum absolute atomic E-state index is 0.337. The highest BCUT2D eigenvalue weighted by Crippen LogP contribution is 2.09. The van der Waals surface area contributed by atoms with Gasteiger partial charge in [0.2, 0.25) is 0 Å². The van der Waals surface area contributed by atoms with Crippen LogP contribution in [0.25, 0.3) is 0 Å². The van der Waals surface area contributed by atoms with Gasteiger partial charge in [0.1, 0.15) is 11.6 Å². The van der Waals surface area contributed by atoms with E-state index in [0.29, 0.717) is 11.6 Å². The maximum atomic E-state index is 10.6. The number of Topliss-reactive ketones (excluding diaryl/α,β-unsaturated/α-hetero) is 2. The van der Waals surface area contributed by atoms with Gasteiger partial charge in [0.05, 0.1) is 0 Å². The number of ketones is 2. The van der Waals surface area contributed by atoms with Crippen LogP contribution in [-0.4, -0.2) is 11.6 Å². The molecule has 2 heteroatoms. The molecule has 0 radical (unpaired) electrons. The average molecular weight is 341 g/mol. The molecule has 0 saturated heterocycles. The molecule has 0 saturated carbocycles. The Morgan fingerprint density at radius 3 is 0.958 bits per heavy atom. The molecule has 0 amide bonds. The molecule has 0 aliphatic rings. The maximum absolute atomic E-state index is 10.6. The lowest BCUT2D eigenvalue weighted by Crippen LogP contribution is -1.89. The molecule has 0 aromatic rings. The van der Waals surface area contributed by atoms with Crippen molar-refractivity contribution < 1.29 is 9.59 Å². The quantitative estimate of drug-likeness (QED) is 0.274. The van der Waals surface area contributed by atoms with Crippen molar-refractivity contribution in [3.05, 3.63) is 0 Å². The van der Waals surface area contributed by atoms with E-state index in [-0.39, 0.29) is 0 Å². The van der Waals surface area contributed by atoms with Crippen LogP contribution in [-0.2, 0) is 9.59 Å². The summed E-state index contributed by atoms with van der Waals surface area (Å²) in [5.41, 5.74) is 0. The van der Waals surface area contributed by atoms with Gasteiger partial charge in [-0.15, -0.1) is 0 Å². The van der Waals surface area contributed by atoms with Crippen molar-refractivity contribution in [2.75, 3.05) is 0 Å². The van der Waals surface area contributed by atoms with E-state index in [1.165, 1.54) is 77.0 Å². The predicted octanol–water partition coefficient (Wildman–Crippen LogP) is 7.43. The Hall–Kier alpha value is -0.660. The molecule has 0 N–H and O–H groups in total. The van der Waals surface area contributed by atoms with Crippen LogP contribution >= 0.6 is 0 Å². The third kappa shape index (κ3) is 29.4. The van der Waals surface area contributed by atoms with Crippen LogP contribution in [0, 0.1) is 0 Å². The Balaban J connectivity index is 0. The Morgan fingerprint density at radius 1 is 0.458 bits per heavy atom. The zero-order valence-electron chi connectivity index (χ0n) is 17.1. The molecule has 24 heavy (non-hydrogen) atoms. The third-order valence-electron chi connectivity index (χ3n) is 4.26. The molecule has 144 valence electrons. The molecule has 2 nitrogen and oxygen atoms in total. The van der Waals surface area contributed by atoms with Gasteiger partial charge < -0.3 is 9.59 Å². The molecule has 0 aliphatic carbocycles. The lowest BCUT2D eigenvalue weighted by atomic mass is 10.1.